The first-order valence-corrected chi connectivity index (χ1v) is 6.55. The van der Waals surface area contributed by atoms with Gasteiger partial charge >= 0.3 is 0 Å². The Morgan fingerprint density at radius 1 is 1.13 bits per heavy atom. The van der Waals surface area contributed by atoms with Crippen LogP contribution in [0.25, 0.3) is 0 Å². The molecule has 1 aliphatic carbocycles. The summed E-state index contributed by atoms with van der Waals surface area (Å²) < 4.78 is 0. The van der Waals surface area contributed by atoms with Crippen molar-refractivity contribution >= 4 is 0 Å². The molecule has 0 unspecified atom stereocenters. The van der Waals surface area contributed by atoms with E-state index in [4.69, 9.17) is 0 Å². The normalized spacial score (nSPS) is 28.4. The Labute approximate surface area is 95.3 Å². The topological polar surface area (TPSA) is 20.2 Å². The molecule has 1 aliphatic rings. The van der Waals surface area contributed by atoms with Gasteiger partial charge in [-0.1, -0.05) is 40.5 Å². The van der Waals surface area contributed by atoms with Gasteiger partial charge in [-0.25, -0.2) is 0 Å². The first-order valence-electron chi connectivity index (χ1n) is 6.55. The van der Waals surface area contributed by atoms with Crippen LogP contribution in [0.1, 0.15) is 59.8 Å². The van der Waals surface area contributed by atoms with Gasteiger partial charge in [0, 0.05) is 6.61 Å². The number of hydrogen-bond donors (Lipinski definition) is 1. The number of rotatable bonds is 4. The van der Waals surface area contributed by atoms with Crippen molar-refractivity contribution in [1.82, 2.24) is 0 Å². The maximum atomic E-state index is 9.26. The van der Waals surface area contributed by atoms with Crippen molar-refractivity contribution in [3.8, 4) is 0 Å². The predicted octanol–water partition coefficient (Wildman–Crippen LogP) is 3.86. The lowest BCUT2D eigenvalue weighted by Gasteiger charge is -2.34. The minimum atomic E-state index is 0.134. The Balaban J connectivity index is 2.32. The maximum Gasteiger partial charge on any atom is 0.0482 e. The molecule has 0 saturated heterocycles. The summed E-state index contributed by atoms with van der Waals surface area (Å²) in [5.74, 6) is 2.68. The van der Waals surface area contributed by atoms with Crippen molar-refractivity contribution in [1.29, 1.82) is 0 Å². The van der Waals surface area contributed by atoms with Gasteiger partial charge in [-0.3, -0.25) is 0 Å². The highest BCUT2D eigenvalue weighted by atomic mass is 16.3. The smallest absolute Gasteiger partial charge is 0.0482 e. The summed E-state index contributed by atoms with van der Waals surface area (Å²) in [4.78, 5) is 0. The SMILES string of the molecule is CC(C)C1CCC(CC(C)(C)CO)CC1. The molecule has 1 N–H and O–H groups in total. The second-order valence-electron chi connectivity index (χ2n) is 6.55. The quantitative estimate of drug-likeness (QED) is 0.750. The molecule has 0 radical (unpaired) electrons. The Hall–Kier alpha value is -0.0400. The number of hydrogen-bond acceptors (Lipinski definition) is 1. The monoisotopic (exact) mass is 212 g/mol. The first-order chi connectivity index (χ1) is 6.94. The molecule has 0 amide bonds. The number of aliphatic hydroxyl groups is 1. The van der Waals surface area contributed by atoms with E-state index in [9.17, 15) is 5.11 Å². The van der Waals surface area contributed by atoms with Crippen LogP contribution in [0.15, 0.2) is 0 Å². The van der Waals surface area contributed by atoms with E-state index in [-0.39, 0.29) is 5.41 Å². The molecule has 15 heavy (non-hydrogen) atoms. The molecular weight excluding hydrogens is 184 g/mol. The van der Waals surface area contributed by atoms with E-state index in [1.807, 2.05) is 0 Å². The van der Waals surface area contributed by atoms with E-state index in [0.29, 0.717) is 6.61 Å². The van der Waals surface area contributed by atoms with Crippen molar-refractivity contribution in [3.05, 3.63) is 0 Å². The molecule has 90 valence electrons. The van der Waals surface area contributed by atoms with Gasteiger partial charge in [0.05, 0.1) is 0 Å². The standard InChI is InChI=1S/C14H28O/c1-11(2)13-7-5-12(6-8-13)9-14(3,4)10-15/h11-13,15H,5-10H2,1-4H3. The summed E-state index contributed by atoms with van der Waals surface area (Å²) in [6, 6.07) is 0. The molecule has 0 aromatic rings. The average molecular weight is 212 g/mol. The third-order valence-corrected chi connectivity index (χ3v) is 4.10. The zero-order valence-electron chi connectivity index (χ0n) is 10.9. The molecule has 1 heteroatoms. The predicted molar refractivity (Wildman–Crippen MR) is 65.8 cm³/mol. The molecule has 0 spiro atoms. The second kappa shape index (κ2) is 5.34. The van der Waals surface area contributed by atoms with Crippen LogP contribution in [-0.4, -0.2) is 11.7 Å². The lowest BCUT2D eigenvalue weighted by atomic mass is 9.72. The van der Waals surface area contributed by atoms with Crippen molar-refractivity contribution in [2.45, 2.75) is 59.8 Å². The van der Waals surface area contributed by atoms with Gasteiger partial charge in [0.25, 0.3) is 0 Å². The fourth-order valence-corrected chi connectivity index (χ4v) is 2.91. The summed E-state index contributed by atoms with van der Waals surface area (Å²) in [7, 11) is 0. The molecule has 0 aromatic carbocycles. The minimum absolute atomic E-state index is 0.134. The highest BCUT2D eigenvalue weighted by Gasteiger charge is 2.27. The van der Waals surface area contributed by atoms with E-state index < -0.39 is 0 Å². The molecule has 1 fully saturated rings. The lowest BCUT2D eigenvalue weighted by molar-refractivity contribution is 0.107. The van der Waals surface area contributed by atoms with E-state index in [0.717, 1.165) is 17.8 Å². The van der Waals surface area contributed by atoms with Gasteiger partial charge in [0.15, 0.2) is 0 Å². The third-order valence-electron chi connectivity index (χ3n) is 4.10. The minimum Gasteiger partial charge on any atom is -0.396 e. The molecule has 1 saturated carbocycles. The summed E-state index contributed by atoms with van der Waals surface area (Å²) in [5.41, 5.74) is 0.134. The molecule has 0 aliphatic heterocycles. The third kappa shape index (κ3) is 4.14. The van der Waals surface area contributed by atoms with Gasteiger partial charge in [-0.05, 0) is 42.4 Å². The van der Waals surface area contributed by atoms with E-state index in [1.165, 1.54) is 32.1 Å². The van der Waals surface area contributed by atoms with E-state index >= 15 is 0 Å². The summed E-state index contributed by atoms with van der Waals surface area (Å²) >= 11 is 0. The Morgan fingerprint density at radius 2 is 1.67 bits per heavy atom. The summed E-state index contributed by atoms with van der Waals surface area (Å²) in [6.45, 7) is 9.39. The largest absolute Gasteiger partial charge is 0.396 e. The van der Waals surface area contributed by atoms with Gasteiger partial charge in [-0.15, -0.1) is 0 Å². The van der Waals surface area contributed by atoms with Crippen molar-refractivity contribution in [3.63, 3.8) is 0 Å². The van der Waals surface area contributed by atoms with E-state index in [1.54, 1.807) is 0 Å². The van der Waals surface area contributed by atoms with Crippen LogP contribution in [0.2, 0.25) is 0 Å². The first kappa shape index (κ1) is 13.0. The second-order valence-corrected chi connectivity index (χ2v) is 6.55. The maximum absolute atomic E-state index is 9.26. The molecule has 0 aromatic heterocycles. The van der Waals surface area contributed by atoms with Gasteiger partial charge in [0.1, 0.15) is 0 Å². The van der Waals surface area contributed by atoms with Crippen LogP contribution in [0.5, 0.6) is 0 Å². The molecule has 0 atom stereocenters. The fraction of sp³-hybridized carbons (Fsp3) is 1.00. The van der Waals surface area contributed by atoms with Crippen LogP contribution < -0.4 is 0 Å². The zero-order valence-corrected chi connectivity index (χ0v) is 10.9. The molecule has 1 nitrogen and oxygen atoms in total. The molecule has 0 bridgehead atoms. The van der Waals surface area contributed by atoms with Gasteiger partial charge in [0.2, 0.25) is 0 Å². The van der Waals surface area contributed by atoms with Gasteiger partial charge < -0.3 is 5.11 Å². The summed E-state index contributed by atoms with van der Waals surface area (Å²) in [5, 5.41) is 9.26. The van der Waals surface area contributed by atoms with Crippen LogP contribution in [0.3, 0.4) is 0 Å². The van der Waals surface area contributed by atoms with Crippen molar-refractivity contribution in [2.75, 3.05) is 6.61 Å². The average Bonchev–Trinajstić information content (AvgIpc) is 2.18. The molecular formula is C14H28O. The summed E-state index contributed by atoms with van der Waals surface area (Å²) in [6.07, 6.45) is 6.78. The van der Waals surface area contributed by atoms with Crippen LogP contribution in [0.4, 0.5) is 0 Å². The van der Waals surface area contributed by atoms with Crippen LogP contribution in [0, 0.1) is 23.2 Å². The Bertz CT molecular complexity index is 176. The van der Waals surface area contributed by atoms with Crippen LogP contribution >= 0.6 is 0 Å². The lowest BCUT2D eigenvalue weighted by Crippen LogP contribution is -2.25. The number of aliphatic hydroxyl groups excluding tert-OH is 1. The molecule has 1 rings (SSSR count). The Morgan fingerprint density at radius 3 is 2.07 bits per heavy atom. The van der Waals surface area contributed by atoms with Gasteiger partial charge in [-0.2, -0.15) is 0 Å². The molecule has 0 heterocycles. The van der Waals surface area contributed by atoms with Crippen molar-refractivity contribution < 1.29 is 5.11 Å². The van der Waals surface area contributed by atoms with Crippen molar-refractivity contribution in [2.24, 2.45) is 23.2 Å². The fourth-order valence-electron chi connectivity index (χ4n) is 2.91. The highest BCUT2D eigenvalue weighted by Crippen LogP contribution is 2.38. The van der Waals surface area contributed by atoms with Crippen LogP contribution in [-0.2, 0) is 0 Å². The zero-order chi connectivity index (χ0) is 11.5. The highest BCUT2D eigenvalue weighted by molar-refractivity contribution is 4.79. The van der Waals surface area contributed by atoms with E-state index in [2.05, 4.69) is 27.7 Å². The Kier molecular flexibility index (Phi) is 4.64.